The number of para-hydroxylation sites is 1. The van der Waals surface area contributed by atoms with Crippen molar-refractivity contribution in [1.82, 2.24) is 10.2 Å². The molecule has 1 saturated heterocycles. The molecule has 1 heterocycles. The molecular weight excluding hydrogens is 436 g/mol. The summed E-state index contributed by atoms with van der Waals surface area (Å²) in [5, 5.41) is 2.95. The number of amides is 2. The zero-order chi connectivity index (χ0) is 24.3. The first-order valence-electron chi connectivity index (χ1n) is 11.3. The summed E-state index contributed by atoms with van der Waals surface area (Å²) >= 11 is 0. The number of hydrogen-bond acceptors (Lipinski definition) is 6. The summed E-state index contributed by atoms with van der Waals surface area (Å²) in [6.45, 7) is 3.76. The van der Waals surface area contributed by atoms with Crippen molar-refractivity contribution in [3.8, 4) is 11.5 Å². The third kappa shape index (κ3) is 7.10. The standard InChI is InChI=1S/C26H30N2O6/c1-3-33-26(31)34-22-11-8-21(9-12-22)25(30)27-18-19-14-16-28(17-15-19)24(29)13-10-20-6-4-5-7-23(20)32-2/h4-13,19H,3,14-18H2,1-2H3,(H,27,30)/b13-10+. The Kier molecular flexibility index (Phi) is 9.08. The number of carbonyl (C=O) groups is 3. The van der Waals surface area contributed by atoms with E-state index >= 15 is 0 Å². The van der Waals surface area contributed by atoms with Crippen molar-refractivity contribution in [2.24, 2.45) is 5.92 Å². The van der Waals surface area contributed by atoms with E-state index in [0.29, 0.717) is 36.9 Å². The molecule has 2 aromatic rings. The normalized spacial score (nSPS) is 14.0. The van der Waals surface area contributed by atoms with E-state index in [1.54, 1.807) is 50.5 Å². The minimum absolute atomic E-state index is 0.0291. The van der Waals surface area contributed by atoms with Crippen molar-refractivity contribution < 1.29 is 28.6 Å². The minimum atomic E-state index is -0.778. The topological polar surface area (TPSA) is 94.2 Å². The van der Waals surface area contributed by atoms with Crippen LogP contribution in [0.15, 0.2) is 54.6 Å². The summed E-state index contributed by atoms with van der Waals surface area (Å²) < 4.78 is 15.0. The van der Waals surface area contributed by atoms with Crippen LogP contribution >= 0.6 is 0 Å². The van der Waals surface area contributed by atoms with Crippen LogP contribution in [0.25, 0.3) is 6.08 Å². The highest BCUT2D eigenvalue weighted by Gasteiger charge is 2.22. The van der Waals surface area contributed by atoms with Gasteiger partial charge in [-0.3, -0.25) is 9.59 Å². The molecule has 0 bridgehead atoms. The Morgan fingerprint density at radius 2 is 1.76 bits per heavy atom. The van der Waals surface area contributed by atoms with Crippen LogP contribution in [-0.4, -0.2) is 56.2 Å². The van der Waals surface area contributed by atoms with E-state index in [2.05, 4.69) is 5.32 Å². The Labute approximate surface area is 199 Å². The van der Waals surface area contributed by atoms with Gasteiger partial charge in [0.2, 0.25) is 5.91 Å². The molecule has 0 radical (unpaired) electrons. The van der Waals surface area contributed by atoms with Crippen molar-refractivity contribution in [2.75, 3.05) is 33.4 Å². The average Bonchev–Trinajstić information content (AvgIpc) is 2.87. The molecular formula is C26H30N2O6. The Balaban J connectivity index is 1.42. The van der Waals surface area contributed by atoms with Gasteiger partial charge in [0.15, 0.2) is 0 Å². The highest BCUT2D eigenvalue weighted by Crippen LogP contribution is 2.20. The minimum Gasteiger partial charge on any atom is -0.496 e. The smallest absolute Gasteiger partial charge is 0.496 e. The van der Waals surface area contributed by atoms with Gasteiger partial charge in [-0.1, -0.05) is 18.2 Å². The summed E-state index contributed by atoms with van der Waals surface area (Å²) in [4.78, 5) is 38.2. The summed E-state index contributed by atoms with van der Waals surface area (Å²) in [7, 11) is 1.60. The van der Waals surface area contributed by atoms with Crippen LogP contribution in [0.5, 0.6) is 11.5 Å². The van der Waals surface area contributed by atoms with E-state index in [0.717, 1.165) is 24.2 Å². The maximum atomic E-state index is 12.5. The van der Waals surface area contributed by atoms with Crippen LogP contribution in [0, 0.1) is 5.92 Å². The lowest BCUT2D eigenvalue weighted by Gasteiger charge is -2.31. The summed E-state index contributed by atoms with van der Waals surface area (Å²) in [6.07, 6.45) is 4.22. The first-order valence-corrected chi connectivity index (χ1v) is 11.3. The Hall–Kier alpha value is -3.81. The van der Waals surface area contributed by atoms with E-state index in [4.69, 9.17) is 14.2 Å². The van der Waals surface area contributed by atoms with E-state index in [9.17, 15) is 14.4 Å². The maximum Gasteiger partial charge on any atom is 0.513 e. The van der Waals surface area contributed by atoms with E-state index in [1.165, 1.54) is 0 Å². The average molecular weight is 467 g/mol. The van der Waals surface area contributed by atoms with Crippen LogP contribution in [-0.2, 0) is 9.53 Å². The second kappa shape index (κ2) is 12.4. The van der Waals surface area contributed by atoms with Crippen LogP contribution < -0.4 is 14.8 Å². The Morgan fingerprint density at radius 1 is 1.06 bits per heavy atom. The van der Waals surface area contributed by atoms with Gasteiger partial charge in [-0.25, -0.2) is 4.79 Å². The van der Waals surface area contributed by atoms with Gasteiger partial charge in [0.1, 0.15) is 11.5 Å². The zero-order valence-corrected chi connectivity index (χ0v) is 19.5. The SMILES string of the molecule is CCOC(=O)Oc1ccc(C(=O)NCC2CCN(C(=O)/C=C/c3ccccc3OC)CC2)cc1. The van der Waals surface area contributed by atoms with Crippen molar-refractivity contribution >= 4 is 24.0 Å². The Morgan fingerprint density at radius 3 is 2.44 bits per heavy atom. The fraction of sp³-hybridized carbons (Fsp3) is 0.346. The molecule has 3 rings (SSSR count). The largest absolute Gasteiger partial charge is 0.513 e. The first-order chi connectivity index (χ1) is 16.5. The van der Waals surface area contributed by atoms with Crippen LogP contribution in [0.1, 0.15) is 35.7 Å². The molecule has 1 aliphatic heterocycles. The molecule has 0 aliphatic carbocycles. The lowest BCUT2D eigenvalue weighted by atomic mass is 9.96. The van der Waals surface area contributed by atoms with Gasteiger partial charge in [0, 0.05) is 36.8 Å². The summed E-state index contributed by atoms with van der Waals surface area (Å²) in [6, 6.07) is 13.8. The monoisotopic (exact) mass is 466 g/mol. The summed E-state index contributed by atoms with van der Waals surface area (Å²) in [5.74, 6) is 1.12. The number of hydrogen-bond donors (Lipinski definition) is 1. The van der Waals surface area contributed by atoms with E-state index in [-0.39, 0.29) is 18.4 Å². The number of nitrogens with one attached hydrogen (secondary N) is 1. The molecule has 1 fully saturated rings. The maximum absolute atomic E-state index is 12.5. The number of ether oxygens (including phenoxy) is 3. The third-order valence-electron chi connectivity index (χ3n) is 5.60. The fourth-order valence-electron chi connectivity index (χ4n) is 3.69. The zero-order valence-electron chi connectivity index (χ0n) is 19.5. The third-order valence-corrected chi connectivity index (χ3v) is 5.60. The van der Waals surface area contributed by atoms with Gasteiger partial charge in [0.05, 0.1) is 13.7 Å². The highest BCUT2D eigenvalue weighted by molar-refractivity contribution is 5.94. The molecule has 180 valence electrons. The van der Waals surface area contributed by atoms with Crippen molar-refractivity contribution in [3.63, 3.8) is 0 Å². The van der Waals surface area contributed by atoms with Gasteiger partial charge in [-0.15, -0.1) is 0 Å². The molecule has 1 N–H and O–H groups in total. The van der Waals surface area contributed by atoms with Crippen molar-refractivity contribution in [2.45, 2.75) is 19.8 Å². The molecule has 0 unspecified atom stereocenters. The van der Waals surface area contributed by atoms with E-state index < -0.39 is 6.16 Å². The van der Waals surface area contributed by atoms with Crippen molar-refractivity contribution in [1.29, 1.82) is 0 Å². The number of rotatable bonds is 8. The molecule has 2 aromatic carbocycles. The van der Waals surface area contributed by atoms with E-state index in [1.807, 2.05) is 29.2 Å². The van der Waals surface area contributed by atoms with Gasteiger partial charge in [-0.2, -0.15) is 0 Å². The molecule has 0 spiro atoms. The predicted octanol–water partition coefficient (Wildman–Crippen LogP) is 3.91. The second-order valence-electron chi connectivity index (χ2n) is 7.86. The second-order valence-corrected chi connectivity index (χ2v) is 7.86. The summed E-state index contributed by atoms with van der Waals surface area (Å²) in [5.41, 5.74) is 1.33. The van der Waals surface area contributed by atoms with Crippen LogP contribution in [0.4, 0.5) is 4.79 Å². The van der Waals surface area contributed by atoms with Gasteiger partial charge in [0.25, 0.3) is 5.91 Å². The fourth-order valence-corrected chi connectivity index (χ4v) is 3.69. The van der Waals surface area contributed by atoms with Gasteiger partial charge in [-0.05, 0) is 62.1 Å². The quantitative estimate of drug-likeness (QED) is 0.360. The first kappa shape index (κ1) is 24.8. The molecule has 8 nitrogen and oxygen atoms in total. The molecule has 1 aliphatic rings. The molecule has 34 heavy (non-hydrogen) atoms. The molecule has 0 saturated carbocycles. The lowest BCUT2D eigenvalue weighted by molar-refractivity contribution is -0.127. The molecule has 0 atom stereocenters. The predicted molar refractivity (Wildman–Crippen MR) is 128 cm³/mol. The van der Waals surface area contributed by atoms with Gasteiger partial charge < -0.3 is 24.4 Å². The number of methoxy groups -OCH3 is 1. The highest BCUT2D eigenvalue weighted by atomic mass is 16.7. The molecule has 8 heteroatoms. The van der Waals surface area contributed by atoms with Crippen molar-refractivity contribution in [3.05, 3.63) is 65.7 Å². The number of likely N-dealkylation sites (tertiary alicyclic amines) is 1. The number of benzene rings is 2. The van der Waals surface area contributed by atoms with Gasteiger partial charge >= 0.3 is 6.16 Å². The number of carbonyl (C=O) groups excluding carboxylic acids is 3. The number of nitrogens with zero attached hydrogens (tertiary/aromatic N) is 1. The molecule has 2 amide bonds. The van der Waals surface area contributed by atoms with Crippen LogP contribution in [0.3, 0.4) is 0 Å². The molecule has 0 aromatic heterocycles. The Bertz CT molecular complexity index is 1010. The lowest BCUT2D eigenvalue weighted by Crippen LogP contribution is -2.41. The number of piperidine rings is 1. The van der Waals surface area contributed by atoms with Crippen LogP contribution in [0.2, 0.25) is 0 Å².